The highest BCUT2D eigenvalue weighted by molar-refractivity contribution is 6.08. The quantitative estimate of drug-likeness (QED) is 0.352. The van der Waals surface area contributed by atoms with E-state index in [1.54, 1.807) is 29.3 Å². The molecule has 0 spiro atoms. The van der Waals surface area contributed by atoms with Crippen LogP contribution in [0, 0.1) is 5.41 Å². The number of carbonyl (C=O) groups is 2. The fourth-order valence-corrected chi connectivity index (χ4v) is 5.03. The lowest BCUT2D eigenvalue weighted by atomic mass is 9.83. The van der Waals surface area contributed by atoms with E-state index in [4.69, 9.17) is 10.5 Å². The van der Waals surface area contributed by atoms with Crippen molar-refractivity contribution in [3.8, 4) is 0 Å². The second-order valence-corrected chi connectivity index (χ2v) is 9.58. The minimum absolute atomic E-state index is 0.133. The summed E-state index contributed by atoms with van der Waals surface area (Å²) in [5.74, 6) is -0.532. The summed E-state index contributed by atoms with van der Waals surface area (Å²) in [6, 6.07) is 22.1. The lowest BCUT2D eigenvalue weighted by Gasteiger charge is -2.41. The van der Waals surface area contributed by atoms with Gasteiger partial charge in [0.1, 0.15) is 6.04 Å². The number of benzene rings is 2. The van der Waals surface area contributed by atoms with E-state index < -0.39 is 17.6 Å². The molecule has 2 fully saturated rings. The number of β-lactam (4-membered cyclic amide) rings is 1. The first-order valence-electron chi connectivity index (χ1n) is 11.4. The van der Waals surface area contributed by atoms with Gasteiger partial charge < -0.3 is 15.4 Å². The van der Waals surface area contributed by atoms with Crippen molar-refractivity contribution < 1.29 is 14.3 Å². The smallest absolute Gasteiger partial charge is 0.330 e. The number of anilines is 1. The Labute approximate surface area is 199 Å². The van der Waals surface area contributed by atoms with E-state index in [2.05, 4.69) is 4.98 Å². The predicted molar refractivity (Wildman–Crippen MR) is 130 cm³/mol. The van der Waals surface area contributed by atoms with Crippen LogP contribution in [0.25, 0.3) is 6.08 Å². The molecule has 0 radical (unpaired) electrons. The standard InChI is InChI=1S/C28H27N3O3/c1-28(2)16-23-22(15-21-14-13-20(29)17-30-21)26(32)31(23)25(28)27(33)34-24(18-9-5-3-6-10-18)19-11-7-4-8-12-19/h3-15,17,23-25H,16,29H2,1-2H3/b22-15+/t23?,25-/m0/s1. The molecule has 1 unspecified atom stereocenters. The van der Waals surface area contributed by atoms with Crippen LogP contribution in [0.2, 0.25) is 0 Å². The van der Waals surface area contributed by atoms with Crippen LogP contribution in [0.15, 0.2) is 84.6 Å². The van der Waals surface area contributed by atoms with E-state index in [9.17, 15) is 9.59 Å². The topological polar surface area (TPSA) is 85.5 Å². The Kier molecular flexibility index (Phi) is 5.44. The third-order valence-electron chi connectivity index (χ3n) is 6.69. The summed E-state index contributed by atoms with van der Waals surface area (Å²) in [4.78, 5) is 32.7. The Morgan fingerprint density at radius 1 is 1.06 bits per heavy atom. The van der Waals surface area contributed by atoms with Crippen molar-refractivity contribution in [2.75, 3.05) is 5.73 Å². The number of pyridine rings is 1. The van der Waals surface area contributed by atoms with Crippen molar-refractivity contribution in [3.05, 3.63) is 101 Å². The molecule has 1 amide bonds. The summed E-state index contributed by atoms with van der Waals surface area (Å²) in [6.07, 6.45) is 3.50. The zero-order valence-electron chi connectivity index (χ0n) is 19.2. The number of hydrogen-bond donors (Lipinski definition) is 1. The van der Waals surface area contributed by atoms with Crippen LogP contribution < -0.4 is 5.73 Å². The monoisotopic (exact) mass is 453 g/mol. The average Bonchev–Trinajstić information content (AvgIpc) is 3.10. The molecule has 6 heteroatoms. The van der Waals surface area contributed by atoms with Gasteiger partial charge in [0.25, 0.3) is 5.91 Å². The van der Waals surface area contributed by atoms with Gasteiger partial charge in [-0.2, -0.15) is 0 Å². The molecule has 172 valence electrons. The fraction of sp³-hybridized carbons (Fsp3) is 0.250. The van der Waals surface area contributed by atoms with E-state index in [0.29, 0.717) is 23.4 Å². The molecule has 2 aliphatic rings. The highest BCUT2D eigenvalue weighted by Crippen LogP contribution is 2.50. The van der Waals surface area contributed by atoms with Gasteiger partial charge >= 0.3 is 5.97 Å². The zero-order valence-corrected chi connectivity index (χ0v) is 19.2. The minimum Gasteiger partial charge on any atom is -0.451 e. The van der Waals surface area contributed by atoms with E-state index in [1.807, 2.05) is 74.5 Å². The first-order valence-corrected chi connectivity index (χ1v) is 11.4. The number of ether oxygens (including phenoxy) is 1. The normalized spacial score (nSPS) is 21.9. The number of fused-ring (bicyclic) bond motifs is 1. The number of hydrogen-bond acceptors (Lipinski definition) is 5. The molecule has 2 N–H and O–H groups in total. The molecule has 6 nitrogen and oxygen atoms in total. The maximum absolute atomic E-state index is 13.6. The van der Waals surface area contributed by atoms with Crippen molar-refractivity contribution in [2.45, 2.75) is 38.5 Å². The Morgan fingerprint density at radius 2 is 1.68 bits per heavy atom. The van der Waals surface area contributed by atoms with Crippen molar-refractivity contribution in [2.24, 2.45) is 5.41 Å². The van der Waals surface area contributed by atoms with E-state index >= 15 is 0 Å². The highest BCUT2D eigenvalue weighted by atomic mass is 16.5. The average molecular weight is 454 g/mol. The van der Waals surface area contributed by atoms with Crippen LogP contribution in [0.4, 0.5) is 5.69 Å². The largest absolute Gasteiger partial charge is 0.451 e. The molecule has 34 heavy (non-hydrogen) atoms. The molecule has 2 atom stereocenters. The van der Waals surface area contributed by atoms with Crippen molar-refractivity contribution >= 4 is 23.6 Å². The van der Waals surface area contributed by atoms with Gasteiger partial charge in [-0.3, -0.25) is 9.78 Å². The van der Waals surface area contributed by atoms with E-state index in [-0.39, 0.29) is 17.9 Å². The molecule has 3 aromatic rings. The van der Waals surface area contributed by atoms with E-state index in [0.717, 1.165) is 11.1 Å². The maximum atomic E-state index is 13.6. The lowest BCUT2D eigenvalue weighted by molar-refractivity contribution is -0.162. The zero-order chi connectivity index (χ0) is 23.9. The van der Waals surface area contributed by atoms with E-state index in [1.165, 1.54) is 0 Å². The van der Waals surface area contributed by atoms with Gasteiger partial charge in [0.15, 0.2) is 6.10 Å². The molecular formula is C28H27N3O3. The number of rotatable bonds is 5. The third kappa shape index (κ3) is 3.85. The SMILES string of the molecule is CC1(C)CC2/C(=C\c3ccc(N)cn3)C(=O)N2[C@H]1C(=O)OC(c1ccccc1)c1ccccc1. The first kappa shape index (κ1) is 21.9. The van der Waals surface area contributed by atoms with Gasteiger partial charge in [0.2, 0.25) is 0 Å². The Balaban J connectivity index is 1.41. The Morgan fingerprint density at radius 3 is 2.24 bits per heavy atom. The van der Waals surface area contributed by atoms with Crippen LogP contribution in [0.5, 0.6) is 0 Å². The summed E-state index contributed by atoms with van der Waals surface area (Å²) < 4.78 is 6.13. The molecular weight excluding hydrogens is 426 g/mol. The van der Waals surface area contributed by atoms with Crippen LogP contribution in [0.1, 0.15) is 43.2 Å². The molecule has 2 aliphatic heterocycles. The number of esters is 1. The van der Waals surface area contributed by atoms with Gasteiger partial charge in [-0.25, -0.2) is 4.79 Å². The van der Waals surface area contributed by atoms with Crippen LogP contribution in [-0.4, -0.2) is 33.8 Å². The van der Waals surface area contributed by atoms with Crippen molar-refractivity contribution in [1.29, 1.82) is 0 Å². The first-order chi connectivity index (χ1) is 16.3. The molecule has 5 rings (SSSR count). The molecule has 0 saturated carbocycles. The third-order valence-corrected chi connectivity index (χ3v) is 6.69. The molecule has 3 heterocycles. The Hall–Kier alpha value is -3.93. The molecule has 2 aromatic carbocycles. The van der Waals surface area contributed by atoms with Gasteiger partial charge in [-0.05, 0) is 41.2 Å². The second kappa shape index (κ2) is 8.45. The second-order valence-electron chi connectivity index (χ2n) is 9.58. The summed E-state index contributed by atoms with van der Waals surface area (Å²) >= 11 is 0. The fourth-order valence-electron chi connectivity index (χ4n) is 5.03. The highest BCUT2D eigenvalue weighted by Gasteiger charge is 2.61. The van der Waals surface area contributed by atoms with Gasteiger partial charge in [-0.1, -0.05) is 74.5 Å². The van der Waals surface area contributed by atoms with Crippen molar-refractivity contribution in [3.63, 3.8) is 0 Å². The van der Waals surface area contributed by atoms with Gasteiger partial charge in [0, 0.05) is 5.57 Å². The molecule has 2 saturated heterocycles. The van der Waals surface area contributed by atoms with Crippen LogP contribution in [0.3, 0.4) is 0 Å². The molecule has 0 aliphatic carbocycles. The molecule has 0 bridgehead atoms. The summed E-state index contributed by atoms with van der Waals surface area (Å²) in [5, 5.41) is 0. The Bertz CT molecular complexity index is 1200. The molecule has 1 aromatic heterocycles. The summed E-state index contributed by atoms with van der Waals surface area (Å²) in [6.45, 7) is 4.04. The number of amides is 1. The van der Waals surface area contributed by atoms with Crippen LogP contribution >= 0.6 is 0 Å². The summed E-state index contributed by atoms with van der Waals surface area (Å²) in [5.41, 5.74) is 8.98. The number of carbonyl (C=O) groups excluding carboxylic acids is 2. The number of nitrogens with zero attached hydrogens (tertiary/aromatic N) is 2. The number of aromatic nitrogens is 1. The summed E-state index contributed by atoms with van der Waals surface area (Å²) in [7, 11) is 0. The number of nitrogen functional groups attached to an aromatic ring is 1. The van der Waals surface area contributed by atoms with Crippen LogP contribution in [-0.2, 0) is 14.3 Å². The lowest BCUT2D eigenvalue weighted by Crippen LogP contribution is -2.58. The van der Waals surface area contributed by atoms with Gasteiger partial charge in [-0.15, -0.1) is 0 Å². The minimum atomic E-state index is -0.656. The van der Waals surface area contributed by atoms with Crippen molar-refractivity contribution in [1.82, 2.24) is 9.88 Å². The predicted octanol–water partition coefficient (Wildman–Crippen LogP) is 4.39. The number of nitrogens with two attached hydrogens (primary N) is 1. The maximum Gasteiger partial charge on any atom is 0.330 e. The van der Waals surface area contributed by atoms with Gasteiger partial charge in [0.05, 0.1) is 23.6 Å².